The zero-order valence-electron chi connectivity index (χ0n) is 17.9. The number of ether oxygens (including phenoxy) is 4. The standard InChI is InChI=1S/C18H36N4O11/c19-2-6-10(25)12(27)13(28)18(30-6)33-16-5(21)1-4(20)15(14(16)29)32-17-11(26)8(22)9(24)7(3-23)31-17/h4-18,23-29H,1-3,19-22H2/t4?,5-,6?,7?,8?,9-,10-,11?,12?,13?,14?,15+,16?,17-,18-/m0/s1. The predicted octanol–water partition coefficient (Wildman–Crippen LogP) is -7.29. The molecule has 3 fully saturated rings. The maximum Gasteiger partial charge on any atom is 0.187 e. The lowest BCUT2D eigenvalue weighted by molar-refractivity contribution is -0.332. The molecule has 194 valence electrons. The van der Waals surface area contributed by atoms with Gasteiger partial charge in [0, 0.05) is 18.6 Å². The van der Waals surface area contributed by atoms with Gasteiger partial charge in [-0.2, -0.15) is 0 Å². The highest BCUT2D eigenvalue weighted by Gasteiger charge is 2.51. The van der Waals surface area contributed by atoms with E-state index >= 15 is 0 Å². The molecular weight excluding hydrogens is 448 g/mol. The first-order chi connectivity index (χ1) is 15.5. The van der Waals surface area contributed by atoms with Crippen LogP contribution in [0.4, 0.5) is 0 Å². The van der Waals surface area contributed by atoms with Crippen molar-refractivity contribution >= 4 is 0 Å². The van der Waals surface area contributed by atoms with Gasteiger partial charge in [-0.25, -0.2) is 0 Å². The summed E-state index contributed by atoms with van der Waals surface area (Å²) in [5, 5.41) is 70.9. The van der Waals surface area contributed by atoms with Crippen LogP contribution in [-0.2, 0) is 18.9 Å². The minimum atomic E-state index is -1.66. The Morgan fingerprint density at radius 2 is 1.18 bits per heavy atom. The summed E-state index contributed by atoms with van der Waals surface area (Å²) in [6.07, 6.45) is -16.5. The second kappa shape index (κ2) is 11.0. The molecule has 15 nitrogen and oxygen atoms in total. The van der Waals surface area contributed by atoms with E-state index in [4.69, 9.17) is 41.9 Å². The van der Waals surface area contributed by atoms with Crippen LogP contribution in [0.3, 0.4) is 0 Å². The van der Waals surface area contributed by atoms with E-state index in [1.165, 1.54) is 0 Å². The van der Waals surface area contributed by atoms with Gasteiger partial charge in [-0.1, -0.05) is 0 Å². The van der Waals surface area contributed by atoms with Crippen molar-refractivity contribution in [3.63, 3.8) is 0 Å². The molecule has 3 aliphatic rings. The van der Waals surface area contributed by atoms with Gasteiger partial charge in [0.15, 0.2) is 12.6 Å². The molecule has 0 aromatic carbocycles. The van der Waals surface area contributed by atoms with Crippen LogP contribution in [-0.4, -0.2) is 141 Å². The molecule has 2 aliphatic heterocycles. The highest BCUT2D eigenvalue weighted by Crippen LogP contribution is 2.31. The van der Waals surface area contributed by atoms with Crippen LogP contribution in [0.15, 0.2) is 0 Å². The molecule has 2 saturated heterocycles. The monoisotopic (exact) mass is 484 g/mol. The predicted molar refractivity (Wildman–Crippen MR) is 108 cm³/mol. The quantitative estimate of drug-likeness (QED) is 0.167. The second-order valence-electron chi connectivity index (χ2n) is 8.79. The van der Waals surface area contributed by atoms with Crippen LogP contribution in [0, 0.1) is 0 Å². The highest BCUT2D eigenvalue weighted by molar-refractivity contribution is 5.01. The Labute approximate surface area is 189 Å². The summed E-state index contributed by atoms with van der Waals surface area (Å²) in [5.74, 6) is 0. The third-order valence-corrected chi connectivity index (χ3v) is 6.48. The molecule has 0 aromatic heterocycles. The molecule has 0 bridgehead atoms. The Balaban J connectivity index is 1.72. The Morgan fingerprint density at radius 3 is 1.70 bits per heavy atom. The van der Waals surface area contributed by atoms with Crippen LogP contribution < -0.4 is 22.9 Å². The molecule has 15 heteroatoms. The lowest BCUT2D eigenvalue weighted by Crippen LogP contribution is -2.68. The zero-order valence-corrected chi connectivity index (χ0v) is 17.9. The van der Waals surface area contributed by atoms with E-state index < -0.39 is 98.4 Å². The summed E-state index contributed by atoms with van der Waals surface area (Å²) in [6.45, 7) is -0.763. The minimum Gasteiger partial charge on any atom is -0.394 e. The van der Waals surface area contributed by atoms with Gasteiger partial charge in [0.05, 0.1) is 12.6 Å². The third-order valence-electron chi connectivity index (χ3n) is 6.48. The summed E-state index contributed by atoms with van der Waals surface area (Å²) in [6, 6.07) is -2.86. The molecule has 15 N–H and O–H groups in total. The summed E-state index contributed by atoms with van der Waals surface area (Å²) in [4.78, 5) is 0. The maximum absolute atomic E-state index is 10.9. The molecule has 0 radical (unpaired) electrons. The summed E-state index contributed by atoms with van der Waals surface area (Å²) in [5.41, 5.74) is 23.5. The SMILES string of the molecule is NCC1O[C@@H](OC2C(O)[C@H](O[C@@H]3OC(CO)[C@H](O)C(N)C3O)C(N)C[C@@H]2N)C(O)C(O)[C@H]1O. The number of hydrogen-bond acceptors (Lipinski definition) is 15. The fourth-order valence-electron chi connectivity index (χ4n) is 4.40. The van der Waals surface area contributed by atoms with Gasteiger partial charge in [-0.3, -0.25) is 0 Å². The van der Waals surface area contributed by atoms with Crippen LogP contribution in [0.25, 0.3) is 0 Å². The zero-order chi connectivity index (χ0) is 24.6. The third kappa shape index (κ3) is 5.32. The minimum absolute atomic E-state index is 0.0849. The normalized spacial score (nSPS) is 53.7. The van der Waals surface area contributed by atoms with Crippen LogP contribution in [0.1, 0.15) is 6.42 Å². The molecule has 33 heavy (non-hydrogen) atoms. The van der Waals surface area contributed by atoms with Gasteiger partial charge in [0.1, 0.15) is 61.0 Å². The van der Waals surface area contributed by atoms with Gasteiger partial charge >= 0.3 is 0 Å². The van der Waals surface area contributed by atoms with E-state index in [-0.39, 0.29) is 13.0 Å². The molecular formula is C18H36N4O11. The number of aliphatic hydroxyl groups excluding tert-OH is 7. The van der Waals surface area contributed by atoms with Crippen molar-refractivity contribution in [2.24, 2.45) is 22.9 Å². The maximum atomic E-state index is 10.9. The highest BCUT2D eigenvalue weighted by atomic mass is 16.7. The largest absolute Gasteiger partial charge is 0.394 e. The molecule has 9 unspecified atom stereocenters. The van der Waals surface area contributed by atoms with Crippen LogP contribution in [0.5, 0.6) is 0 Å². The van der Waals surface area contributed by atoms with Crippen molar-refractivity contribution in [2.75, 3.05) is 13.2 Å². The fourth-order valence-corrected chi connectivity index (χ4v) is 4.40. The fraction of sp³-hybridized carbons (Fsp3) is 1.00. The molecule has 0 spiro atoms. The van der Waals surface area contributed by atoms with Gasteiger partial charge in [-0.15, -0.1) is 0 Å². The van der Waals surface area contributed by atoms with Gasteiger partial charge in [-0.05, 0) is 6.42 Å². The van der Waals surface area contributed by atoms with E-state index in [1.54, 1.807) is 0 Å². The van der Waals surface area contributed by atoms with E-state index in [9.17, 15) is 35.7 Å². The number of hydrogen-bond donors (Lipinski definition) is 11. The average Bonchev–Trinajstić information content (AvgIpc) is 2.79. The first-order valence-electron chi connectivity index (χ1n) is 10.8. The summed E-state index contributed by atoms with van der Waals surface area (Å²) in [7, 11) is 0. The first-order valence-corrected chi connectivity index (χ1v) is 10.8. The molecule has 2 heterocycles. The van der Waals surface area contributed by atoms with Crippen molar-refractivity contribution in [2.45, 2.75) is 98.2 Å². The molecule has 3 rings (SSSR count). The van der Waals surface area contributed by atoms with Gasteiger partial charge < -0.3 is 77.6 Å². The number of rotatable bonds is 6. The lowest BCUT2D eigenvalue weighted by atomic mass is 9.84. The van der Waals surface area contributed by atoms with E-state index in [0.29, 0.717) is 0 Å². The molecule has 1 saturated carbocycles. The number of nitrogens with two attached hydrogens (primary N) is 4. The summed E-state index contributed by atoms with van der Waals surface area (Å²) < 4.78 is 22.2. The molecule has 1 aliphatic carbocycles. The Morgan fingerprint density at radius 1 is 0.667 bits per heavy atom. The molecule has 0 aromatic rings. The second-order valence-corrected chi connectivity index (χ2v) is 8.79. The average molecular weight is 485 g/mol. The molecule has 15 atom stereocenters. The van der Waals surface area contributed by atoms with E-state index in [2.05, 4.69) is 0 Å². The Bertz CT molecular complexity index is 584. The van der Waals surface area contributed by atoms with Crippen molar-refractivity contribution in [3.8, 4) is 0 Å². The first kappa shape index (κ1) is 27.0. The van der Waals surface area contributed by atoms with Crippen molar-refractivity contribution < 1.29 is 54.7 Å². The molecule has 0 amide bonds. The summed E-state index contributed by atoms with van der Waals surface area (Å²) >= 11 is 0. The van der Waals surface area contributed by atoms with Gasteiger partial charge in [0.2, 0.25) is 0 Å². The van der Waals surface area contributed by atoms with Crippen LogP contribution >= 0.6 is 0 Å². The lowest BCUT2D eigenvalue weighted by Gasteiger charge is -2.48. The smallest absolute Gasteiger partial charge is 0.187 e. The van der Waals surface area contributed by atoms with Crippen LogP contribution in [0.2, 0.25) is 0 Å². The van der Waals surface area contributed by atoms with Crippen molar-refractivity contribution in [1.29, 1.82) is 0 Å². The topological polar surface area (TPSA) is 283 Å². The Hall–Kier alpha value is -0.600. The van der Waals surface area contributed by atoms with Crippen molar-refractivity contribution in [3.05, 3.63) is 0 Å². The van der Waals surface area contributed by atoms with Gasteiger partial charge in [0.25, 0.3) is 0 Å². The Kier molecular flexibility index (Phi) is 8.99. The van der Waals surface area contributed by atoms with E-state index in [0.717, 1.165) is 0 Å². The number of aliphatic hydroxyl groups is 7. The van der Waals surface area contributed by atoms with Crippen molar-refractivity contribution in [1.82, 2.24) is 0 Å². The van der Waals surface area contributed by atoms with E-state index in [1.807, 2.05) is 0 Å².